The topological polar surface area (TPSA) is 72.6 Å². The molecule has 0 aliphatic carbocycles. The Labute approximate surface area is 120 Å². The summed E-state index contributed by atoms with van der Waals surface area (Å²) >= 11 is 0. The fraction of sp³-hybridized carbons (Fsp3) is 0.733. The highest BCUT2D eigenvalue weighted by molar-refractivity contribution is 5.86. The first-order valence-corrected chi connectivity index (χ1v) is 7.21. The van der Waals surface area contributed by atoms with Gasteiger partial charge in [0, 0.05) is 0 Å². The Morgan fingerprint density at radius 1 is 1.55 bits per heavy atom. The first kappa shape index (κ1) is 16.7. The zero-order chi connectivity index (χ0) is 15.2. The van der Waals surface area contributed by atoms with Crippen molar-refractivity contribution in [1.82, 2.24) is 4.98 Å². The molecule has 5 heteroatoms. The second-order valence-corrected chi connectivity index (χ2v) is 5.57. The van der Waals surface area contributed by atoms with Crippen molar-refractivity contribution in [2.24, 2.45) is 5.92 Å². The van der Waals surface area contributed by atoms with Crippen LogP contribution in [-0.4, -0.2) is 28.3 Å². The van der Waals surface area contributed by atoms with Gasteiger partial charge in [-0.1, -0.05) is 20.3 Å². The van der Waals surface area contributed by atoms with Crippen LogP contribution in [-0.2, 0) is 11.2 Å². The van der Waals surface area contributed by atoms with E-state index >= 15 is 0 Å². The van der Waals surface area contributed by atoms with Gasteiger partial charge in [0.2, 0.25) is 0 Å². The summed E-state index contributed by atoms with van der Waals surface area (Å²) in [7, 11) is 0. The number of rotatable bonds is 8. The molecule has 1 N–H and O–H groups in total. The van der Waals surface area contributed by atoms with Crippen LogP contribution in [0.25, 0.3) is 0 Å². The highest BCUT2D eigenvalue weighted by atomic mass is 16.5. The van der Waals surface area contributed by atoms with Crippen LogP contribution < -0.4 is 0 Å². The van der Waals surface area contributed by atoms with E-state index in [4.69, 9.17) is 9.15 Å². The molecule has 0 saturated heterocycles. The van der Waals surface area contributed by atoms with Crippen molar-refractivity contribution in [2.75, 3.05) is 6.61 Å². The standard InChI is InChI=1S/C15H25NO4/c1-5-11(3)7-8-15(4,18)9-13-16-12(10-20-13)14(17)19-6-2/h10-11,18H,5-9H2,1-4H3. The molecule has 0 fully saturated rings. The fourth-order valence-corrected chi connectivity index (χ4v) is 1.87. The summed E-state index contributed by atoms with van der Waals surface area (Å²) in [4.78, 5) is 15.5. The van der Waals surface area contributed by atoms with Crippen LogP contribution in [0.2, 0.25) is 0 Å². The van der Waals surface area contributed by atoms with Gasteiger partial charge in [0.15, 0.2) is 11.6 Å². The van der Waals surface area contributed by atoms with E-state index in [9.17, 15) is 9.90 Å². The minimum Gasteiger partial charge on any atom is -0.461 e. The molecule has 1 heterocycles. The van der Waals surface area contributed by atoms with Crippen LogP contribution in [0.3, 0.4) is 0 Å². The lowest BCUT2D eigenvalue weighted by molar-refractivity contribution is 0.0385. The Morgan fingerprint density at radius 2 is 2.25 bits per heavy atom. The molecule has 0 aliphatic rings. The number of aliphatic hydroxyl groups is 1. The number of carbonyl (C=O) groups excluding carboxylic acids is 1. The average Bonchev–Trinajstić information content (AvgIpc) is 2.84. The van der Waals surface area contributed by atoms with Crippen molar-refractivity contribution in [3.8, 4) is 0 Å². The van der Waals surface area contributed by atoms with E-state index in [1.807, 2.05) is 0 Å². The minimum absolute atomic E-state index is 0.152. The van der Waals surface area contributed by atoms with Gasteiger partial charge in [0.25, 0.3) is 0 Å². The lowest BCUT2D eigenvalue weighted by atomic mass is 9.91. The maximum Gasteiger partial charge on any atom is 0.360 e. The SMILES string of the molecule is CCOC(=O)c1coc(CC(C)(O)CCC(C)CC)n1. The number of esters is 1. The number of hydrogen-bond acceptors (Lipinski definition) is 5. The predicted molar refractivity (Wildman–Crippen MR) is 75.5 cm³/mol. The summed E-state index contributed by atoms with van der Waals surface area (Å²) in [5.74, 6) is 0.449. The monoisotopic (exact) mass is 283 g/mol. The van der Waals surface area contributed by atoms with Crippen LogP contribution in [0.1, 0.15) is 63.3 Å². The summed E-state index contributed by atoms with van der Waals surface area (Å²) < 4.78 is 10.1. The Kier molecular flexibility index (Phi) is 6.20. The second-order valence-electron chi connectivity index (χ2n) is 5.57. The van der Waals surface area contributed by atoms with Crippen LogP contribution in [0.4, 0.5) is 0 Å². The minimum atomic E-state index is -0.875. The number of aromatic nitrogens is 1. The Balaban J connectivity index is 2.56. The van der Waals surface area contributed by atoms with E-state index in [2.05, 4.69) is 18.8 Å². The maximum absolute atomic E-state index is 11.5. The van der Waals surface area contributed by atoms with Gasteiger partial charge in [-0.15, -0.1) is 0 Å². The molecular formula is C15H25NO4. The molecule has 0 aromatic carbocycles. The summed E-state index contributed by atoms with van der Waals surface area (Å²) in [6.07, 6.45) is 4.30. The van der Waals surface area contributed by atoms with Crippen molar-refractivity contribution < 1.29 is 19.1 Å². The third kappa shape index (κ3) is 5.33. The maximum atomic E-state index is 11.5. The molecule has 0 spiro atoms. The van der Waals surface area contributed by atoms with Crippen molar-refractivity contribution in [1.29, 1.82) is 0 Å². The number of hydrogen-bond donors (Lipinski definition) is 1. The first-order valence-electron chi connectivity index (χ1n) is 7.21. The number of oxazole rings is 1. The van der Waals surface area contributed by atoms with Gasteiger partial charge in [0.1, 0.15) is 6.26 Å². The molecule has 2 atom stereocenters. The molecular weight excluding hydrogens is 258 g/mol. The molecule has 5 nitrogen and oxygen atoms in total. The van der Waals surface area contributed by atoms with E-state index in [-0.39, 0.29) is 5.69 Å². The van der Waals surface area contributed by atoms with E-state index in [1.165, 1.54) is 6.26 Å². The van der Waals surface area contributed by atoms with Gasteiger partial charge in [-0.3, -0.25) is 0 Å². The van der Waals surface area contributed by atoms with E-state index in [1.54, 1.807) is 13.8 Å². The van der Waals surface area contributed by atoms with Gasteiger partial charge >= 0.3 is 5.97 Å². The molecule has 1 aromatic heterocycles. The summed E-state index contributed by atoms with van der Waals surface area (Å²) in [5, 5.41) is 10.3. The molecule has 0 aliphatic heterocycles. The molecule has 1 rings (SSSR count). The lowest BCUT2D eigenvalue weighted by Gasteiger charge is -2.23. The third-order valence-corrected chi connectivity index (χ3v) is 3.44. The molecule has 0 saturated carbocycles. The lowest BCUT2D eigenvalue weighted by Crippen LogP contribution is -2.28. The fourth-order valence-electron chi connectivity index (χ4n) is 1.87. The van der Waals surface area contributed by atoms with Gasteiger partial charge in [0.05, 0.1) is 18.6 Å². The summed E-state index contributed by atoms with van der Waals surface area (Å²) in [6.45, 7) is 8.11. The Morgan fingerprint density at radius 3 is 2.85 bits per heavy atom. The zero-order valence-electron chi connectivity index (χ0n) is 12.8. The average molecular weight is 283 g/mol. The van der Waals surface area contributed by atoms with Crippen molar-refractivity contribution in [3.63, 3.8) is 0 Å². The molecule has 0 radical (unpaired) electrons. The smallest absolute Gasteiger partial charge is 0.360 e. The second kappa shape index (κ2) is 7.43. The summed E-state index contributed by atoms with van der Waals surface area (Å²) in [6, 6.07) is 0. The predicted octanol–water partition coefficient (Wildman–Crippen LogP) is 2.97. The van der Waals surface area contributed by atoms with E-state index < -0.39 is 11.6 Å². The normalized spacial score (nSPS) is 15.7. The van der Waals surface area contributed by atoms with Crippen LogP contribution in [0, 0.1) is 5.92 Å². The number of nitrogens with zero attached hydrogens (tertiary/aromatic N) is 1. The quantitative estimate of drug-likeness (QED) is 0.742. The van der Waals surface area contributed by atoms with Gasteiger partial charge in [-0.25, -0.2) is 9.78 Å². The summed E-state index contributed by atoms with van der Waals surface area (Å²) in [5.41, 5.74) is -0.722. The third-order valence-electron chi connectivity index (χ3n) is 3.44. The molecule has 0 amide bonds. The molecule has 114 valence electrons. The van der Waals surface area contributed by atoms with Gasteiger partial charge < -0.3 is 14.3 Å². The first-order chi connectivity index (χ1) is 9.38. The Bertz CT molecular complexity index is 425. The Hall–Kier alpha value is -1.36. The van der Waals surface area contributed by atoms with Crippen LogP contribution in [0.15, 0.2) is 10.7 Å². The van der Waals surface area contributed by atoms with Crippen molar-refractivity contribution in [3.05, 3.63) is 17.8 Å². The molecule has 1 aromatic rings. The number of ether oxygens (including phenoxy) is 1. The van der Waals surface area contributed by atoms with Crippen LogP contribution >= 0.6 is 0 Å². The van der Waals surface area contributed by atoms with Gasteiger partial charge in [-0.2, -0.15) is 0 Å². The number of carbonyl (C=O) groups is 1. The van der Waals surface area contributed by atoms with E-state index in [0.717, 1.165) is 12.8 Å². The molecule has 2 unspecified atom stereocenters. The van der Waals surface area contributed by atoms with E-state index in [0.29, 0.717) is 31.3 Å². The molecule has 20 heavy (non-hydrogen) atoms. The molecule has 0 bridgehead atoms. The van der Waals surface area contributed by atoms with Crippen LogP contribution in [0.5, 0.6) is 0 Å². The van der Waals surface area contributed by atoms with Crippen molar-refractivity contribution >= 4 is 5.97 Å². The zero-order valence-corrected chi connectivity index (χ0v) is 12.8. The van der Waals surface area contributed by atoms with Crippen molar-refractivity contribution in [2.45, 2.75) is 59.0 Å². The highest BCUT2D eigenvalue weighted by Gasteiger charge is 2.25. The van der Waals surface area contributed by atoms with Gasteiger partial charge in [-0.05, 0) is 32.6 Å². The highest BCUT2D eigenvalue weighted by Crippen LogP contribution is 2.22. The largest absolute Gasteiger partial charge is 0.461 e.